The van der Waals surface area contributed by atoms with Crippen molar-refractivity contribution in [3.05, 3.63) is 35.5 Å². The molecule has 0 unspecified atom stereocenters. The SMILES string of the molecule is CCCCCC=CC(C)=CCCC(C)=CC(=O)O. The average molecular weight is 250 g/mol. The van der Waals surface area contributed by atoms with E-state index in [0.717, 1.165) is 24.8 Å². The molecule has 0 bridgehead atoms. The molecule has 0 aromatic carbocycles. The van der Waals surface area contributed by atoms with Gasteiger partial charge in [-0.15, -0.1) is 0 Å². The highest BCUT2D eigenvalue weighted by Gasteiger charge is 1.93. The van der Waals surface area contributed by atoms with Crippen LogP contribution in [0.25, 0.3) is 0 Å². The number of carboxylic acid groups (broad SMARTS) is 1. The number of unbranched alkanes of at least 4 members (excludes halogenated alkanes) is 3. The molecular formula is C16H26O2. The molecule has 0 heterocycles. The Labute approximate surface area is 111 Å². The minimum absolute atomic E-state index is 0.813. The second-order valence-electron chi connectivity index (χ2n) is 4.71. The van der Waals surface area contributed by atoms with E-state index in [1.807, 2.05) is 6.92 Å². The largest absolute Gasteiger partial charge is 0.478 e. The fourth-order valence-electron chi connectivity index (χ4n) is 1.66. The van der Waals surface area contributed by atoms with Crippen molar-refractivity contribution in [2.75, 3.05) is 0 Å². The Morgan fingerprint density at radius 3 is 2.50 bits per heavy atom. The molecule has 0 aliphatic rings. The van der Waals surface area contributed by atoms with E-state index < -0.39 is 5.97 Å². The average Bonchev–Trinajstić information content (AvgIpc) is 2.27. The summed E-state index contributed by atoms with van der Waals surface area (Å²) in [5, 5.41) is 8.58. The number of allylic oxidation sites excluding steroid dienone is 5. The molecule has 18 heavy (non-hydrogen) atoms. The molecule has 0 aliphatic heterocycles. The lowest BCUT2D eigenvalue weighted by atomic mass is 10.1. The summed E-state index contributed by atoms with van der Waals surface area (Å²) >= 11 is 0. The molecular weight excluding hydrogens is 224 g/mol. The Kier molecular flexibility index (Phi) is 10.0. The lowest BCUT2D eigenvalue weighted by Gasteiger charge is -1.97. The van der Waals surface area contributed by atoms with Gasteiger partial charge >= 0.3 is 5.97 Å². The number of rotatable bonds is 9. The van der Waals surface area contributed by atoms with E-state index in [4.69, 9.17) is 5.11 Å². The van der Waals surface area contributed by atoms with Crippen LogP contribution < -0.4 is 0 Å². The molecule has 2 heteroatoms. The maximum atomic E-state index is 10.4. The van der Waals surface area contributed by atoms with Crippen LogP contribution in [-0.4, -0.2) is 11.1 Å². The summed E-state index contributed by atoms with van der Waals surface area (Å²) in [4.78, 5) is 10.4. The molecule has 0 saturated carbocycles. The van der Waals surface area contributed by atoms with E-state index in [1.165, 1.54) is 30.9 Å². The summed E-state index contributed by atoms with van der Waals surface area (Å²) < 4.78 is 0. The summed E-state index contributed by atoms with van der Waals surface area (Å²) in [6.07, 6.45) is 14.5. The van der Waals surface area contributed by atoms with Crippen LogP contribution in [0, 0.1) is 0 Å². The van der Waals surface area contributed by atoms with Crippen molar-refractivity contribution in [3.63, 3.8) is 0 Å². The molecule has 0 spiro atoms. The van der Waals surface area contributed by atoms with Gasteiger partial charge in [0.15, 0.2) is 0 Å². The highest BCUT2D eigenvalue weighted by Crippen LogP contribution is 2.08. The van der Waals surface area contributed by atoms with Gasteiger partial charge in [0.1, 0.15) is 0 Å². The van der Waals surface area contributed by atoms with Gasteiger partial charge in [-0.3, -0.25) is 0 Å². The zero-order chi connectivity index (χ0) is 13.8. The van der Waals surface area contributed by atoms with Gasteiger partial charge in [0.25, 0.3) is 0 Å². The molecule has 1 N–H and O–H groups in total. The number of aliphatic carboxylic acids is 1. The fourth-order valence-corrected chi connectivity index (χ4v) is 1.66. The van der Waals surface area contributed by atoms with Gasteiger partial charge in [0, 0.05) is 6.08 Å². The Morgan fingerprint density at radius 2 is 1.89 bits per heavy atom. The third kappa shape index (κ3) is 11.2. The third-order valence-corrected chi connectivity index (χ3v) is 2.73. The van der Waals surface area contributed by atoms with E-state index in [9.17, 15) is 4.79 Å². The van der Waals surface area contributed by atoms with E-state index in [-0.39, 0.29) is 0 Å². The van der Waals surface area contributed by atoms with Gasteiger partial charge in [-0.1, -0.05) is 49.1 Å². The van der Waals surface area contributed by atoms with Gasteiger partial charge in [-0.25, -0.2) is 4.79 Å². The molecule has 0 amide bonds. The summed E-state index contributed by atoms with van der Waals surface area (Å²) in [6.45, 7) is 6.16. The van der Waals surface area contributed by atoms with E-state index in [1.54, 1.807) is 0 Å². The second-order valence-corrected chi connectivity index (χ2v) is 4.71. The van der Waals surface area contributed by atoms with Crippen molar-refractivity contribution in [1.29, 1.82) is 0 Å². The van der Waals surface area contributed by atoms with Crippen molar-refractivity contribution >= 4 is 5.97 Å². The Hall–Kier alpha value is -1.31. The molecule has 2 nitrogen and oxygen atoms in total. The van der Waals surface area contributed by atoms with Crippen LogP contribution in [0.4, 0.5) is 0 Å². The van der Waals surface area contributed by atoms with Crippen molar-refractivity contribution in [2.45, 2.75) is 59.3 Å². The van der Waals surface area contributed by atoms with Gasteiger partial charge < -0.3 is 5.11 Å². The van der Waals surface area contributed by atoms with Crippen molar-refractivity contribution in [2.24, 2.45) is 0 Å². The van der Waals surface area contributed by atoms with Crippen molar-refractivity contribution in [3.8, 4) is 0 Å². The van der Waals surface area contributed by atoms with Crippen LogP contribution in [-0.2, 0) is 4.79 Å². The Bertz CT molecular complexity index is 322. The first-order valence-corrected chi connectivity index (χ1v) is 6.79. The first kappa shape index (κ1) is 16.7. The quantitative estimate of drug-likeness (QED) is 0.360. The third-order valence-electron chi connectivity index (χ3n) is 2.73. The Morgan fingerprint density at radius 1 is 1.17 bits per heavy atom. The first-order valence-electron chi connectivity index (χ1n) is 6.79. The van der Waals surface area contributed by atoms with Crippen LogP contribution in [0.15, 0.2) is 35.5 Å². The van der Waals surface area contributed by atoms with Crippen LogP contribution in [0.1, 0.15) is 59.3 Å². The molecule has 102 valence electrons. The van der Waals surface area contributed by atoms with E-state index in [2.05, 4.69) is 32.1 Å². The van der Waals surface area contributed by atoms with Gasteiger partial charge in [0.05, 0.1) is 0 Å². The number of carbonyl (C=O) groups is 1. The van der Waals surface area contributed by atoms with Gasteiger partial charge in [-0.2, -0.15) is 0 Å². The zero-order valence-corrected chi connectivity index (χ0v) is 11.9. The minimum atomic E-state index is -0.857. The highest BCUT2D eigenvalue weighted by molar-refractivity contribution is 5.80. The molecule has 0 aromatic heterocycles. The summed E-state index contributed by atoms with van der Waals surface area (Å²) in [7, 11) is 0. The first-order chi connectivity index (χ1) is 8.56. The molecule has 0 rings (SSSR count). The normalized spacial score (nSPS) is 13.3. The molecule has 0 atom stereocenters. The number of carboxylic acids is 1. The van der Waals surface area contributed by atoms with Gasteiger partial charge in [-0.05, 0) is 39.5 Å². The topological polar surface area (TPSA) is 37.3 Å². The predicted octanol–water partition coefficient (Wildman–Crippen LogP) is 4.88. The second kappa shape index (κ2) is 10.8. The van der Waals surface area contributed by atoms with E-state index in [0.29, 0.717) is 0 Å². The lowest BCUT2D eigenvalue weighted by Crippen LogP contribution is -1.89. The monoisotopic (exact) mass is 250 g/mol. The lowest BCUT2D eigenvalue weighted by molar-refractivity contribution is -0.131. The Balaban J connectivity index is 3.87. The van der Waals surface area contributed by atoms with Crippen LogP contribution in [0.3, 0.4) is 0 Å². The smallest absolute Gasteiger partial charge is 0.328 e. The maximum absolute atomic E-state index is 10.4. The summed E-state index contributed by atoms with van der Waals surface area (Å²) in [5.74, 6) is -0.857. The molecule has 0 aliphatic carbocycles. The fraction of sp³-hybridized carbons (Fsp3) is 0.562. The van der Waals surface area contributed by atoms with Crippen LogP contribution >= 0.6 is 0 Å². The van der Waals surface area contributed by atoms with Crippen molar-refractivity contribution < 1.29 is 9.90 Å². The van der Waals surface area contributed by atoms with Crippen LogP contribution in [0.2, 0.25) is 0 Å². The standard InChI is InChI=1S/C16H26O2/c1-4-5-6-7-8-10-14(2)11-9-12-15(3)13-16(17)18/h8,10-11,13H,4-7,9,12H2,1-3H3,(H,17,18). The van der Waals surface area contributed by atoms with Crippen molar-refractivity contribution in [1.82, 2.24) is 0 Å². The predicted molar refractivity (Wildman–Crippen MR) is 77.7 cm³/mol. The highest BCUT2D eigenvalue weighted by atomic mass is 16.4. The maximum Gasteiger partial charge on any atom is 0.328 e. The number of hydrogen-bond donors (Lipinski definition) is 1. The molecule has 0 fully saturated rings. The summed E-state index contributed by atoms with van der Waals surface area (Å²) in [5.41, 5.74) is 2.17. The van der Waals surface area contributed by atoms with Gasteiger partial charge in [0.2, 0.25) is 0 Å². The molecule has 0 saturated heterocycles. The summed E-state index contributed by atoms with van der Waals surface area (Å²) in [6, 6.07) is 0. The van der Waals surface area contributed by atoms with E-state index >= 15 is 0 Å². The molecule has 0 aromatic rings. The molecule has 0 radical (unpaired) electrons. The number of hydrogen-bond acceptors (Lipinski definition) is 1. The minimum Gasteiger partial charge on any atom is -0.478 e. The zero-order valence-electron chi connectivity index (χ0n) is 11.9. The van der Waals surface area contributed by atoms with Crippen LogP contribution in [0.5, 0.6) is 0 Å².